The Bertz CT molecular complexity index is 680. The Balaban J connectivity index is 2.19. The highest BCUT2D eigenvalue weighted by Gasteiger charge is 2.24. The molecule has 3 N–H and O–H groups in total. The molecule has 0 bridgehead atoms. The monoisotopic (exact) mass is 341 g/mol. The lowest BCUT2D eigenvalue weighted by Crippen LogP contribution is -2.19. The van der Waals surface area contributed by atoms with Crippen molar-refractivity contribution in [2.24, 2.45) is 0 Å². The zero-order valence-corrected chi connectivity index (χ0v) is 12.0. The van der Waals surface area contributed by atoms with Gasteiger partial charge in [-0.15, -0.1) is 0 Å². The second-order valence-corrected chi connectivity index (χ2v) is 5.19. The van der Waals surface area contributed by atoms with Gasteiger partial charge in [0.25, 0.3) is 0 Å². The highest BCUT2D eigenvalue weighted by molar-refractivity contribution is 9.10. The molecule has 1 atom stereocenters. The van der Waals surface area contributed by atoms with Crippen molar-refractivity contribution in [1.29, 1.82) is 0 Å². The van der Waals surface area contributed by atoms with Crippen molar-refractivity contribution in [2.75, 3.05) is 12.3 Å². The molecule has 0 amide bonds. The van der Waals surface area contributed by atoms with Crippen molar-refractivity contribution in [2.45, 2.75) is 25.5 Å². The summed E-state index contributed by atoms with van der Waals surface area (Å²) < 4.78 is 7.92. The first-order valence-corrected chi connectivity index (χ1v) is 6.93. The van der Waals surface area contributed by atoms with Crippen LogP contribution < -0.4 is 5.73 Å². The molecule has 1 aliphatic heterocycles. The van der Waals surface area contributed by atoms with E-state index in [4.69, 9.17) is 15.6 Å². The number of carboxylic acids is 1. The number of anilines is 1. The summed E-state index contributed by atoms with van der Waals surface area (Å²) in [7, 11) is 0. The molecule has 1 saturated heterocycles. The molecular formula is C11H12BrN5O3. The Morgan fingerprint density at radius 2 is 2.20 bits per heavy atom. The van der Waals surface area contributed by atoms with Crippen molar-refractivity contribution in [1.82, 2.24) is 19.5 Å². The van der Waals surface area contributed by atoms with E-state index in [1.54, 1.807) is 4.57 Å². The second kappa shape index (κ2) is 4.98. The molecule has 0 saturated carbocycles. The van der Waals surface area contributed by atoms with Gasteiger partial charge >= 0.3 is 5.97 Å². The Labute approximate surface area is 122 Å². The maximum Gasteiger partial charge on any atom is 0.374 e. The minimum atomic E-state index is -1.23. The molecule has 20 heavy (non-hydrogen) atoms. The van der Waals surface area contributed by atoms with Crippen LogP contribution in [0.2, 0.25) is 0 Å². The number of fused-ring (bicyclic) bond motifs is 1. The Kier molecular flexibility index (Phi) is 3.30. The maximum atomic E-state index is 11.0. The third kappa shape index (κ3) is 2.12. The number of aromatic nitrogens is 4. The van der Waals surface area contributed by atoms with E-state index in [9.17, 15) is 4.79 Å². The SMILES string of the molecule is Nc1nc(C(=O)O)nc2c1nc(Br)n2C1CCCCO1. The summed E-state index contributed by atoms with van der Waals surface area (Å²) in [6, 6.07) is 0. The van der Waals surface area contributed by atoms with E-state index in [0.717, 1.165) is 19.3 Å². The van der Waals surface area contributed by atoms with Crippen LogP contribution in [0.5, 0.6) is 0 Å². The quantitative estimate of drug-likeness (QED) is 0.796. The summed E-state index contributed by atoms with van der Waals surface area (Å²) in [4.78, 5) is 23.0. The number of aromatic carboxylic acids is 1. The molecule has 1 aliphatic rings. The zero-order valence-electron chi connectivity index (χ0n) is 10.4. The van der Waals surface area contributed by atoms with E-state index in [1.807, 2.05) is 0 Å². The number of nitrogen functional groups attached to an aromatic ring is 1. The number of ether oxygens (including phenoxy) is 1. The van der Waals surface area contributed by atoms with Crippen molar-refractivity contribution < 1.29 is 14.6 Å². The second-order valence-electron chi connectivity index (χ2n) is 4.48. The van der Waals surface area contributed by atoms with Crippen LogP contribution in [0.3, 0.4) is 0 Å². The summed E-state index contributed by atoms with van der Waals surface area (Å²) >= 11 is 3.34. The third-order valence-corrected chi connectivity index (χ3v) is 3.72. The highest BCUT2D eigenvalue weighted by atomic mass is 79.9. The maximum absolute atomic E-state index is 11.0. The normalized spacial score (nSPS) is 19.4. The van der Waals surface area contributed by atoms with Gasteiger partial charge in [-0.2, -0.15) is 0 Å². The van der Waals surface area contributed by atoms with Crippen LogP contribution in [0.1, 0.15) is 36.1 Å². The minimum Gasteiger partial charge on any atom is -0.475 e. The summed E-state index contributed by atoms with van der Waals surface area (Å²) in [5.41, 5.74) is 6.50. The number of nitrogens with zero attached hydrogens (tertiary/aromatic N) is 4. The van der Waals surface area contributed by atoms with Gasteiger partial charge in [0.05, 0.1) is 0 Å². The number of halogens is 1. The number of hydrogen-bond donors (Lipinski definition) is 2. The van der Waals surface area contributed by atoms with Gasteiger partial charge in [-0.05, 0) is 35.2 Å². The van der Waals surface area contributed by atoms with E-state index in [1.165, 1.54) is 0 Å². The Morgan fingerprint density at radius 1 is 1.40 bits per heavy atom. The molecule has 1 fully saturated rings. The van der Waals surface area contributed by atoms with E-state index in [0.29, 0.717) is 22.5 Å². The fraction of sp³-hybridized carbons (Fsp3) is 0.455. The molecule has 0 spiro atoms. The summed E-state index contributed by atoms with van der Waals surface area (Å²) in [5.74, 6) is -1.53. The Morgan fingerprint density at radius 3 is 2.85 bits per heavy atom. The van der Waals surface area contributed by atoms with Crippen LogP contribution in [-0.4, -0.2) is 37.2 Å². The number of carboxylic acid groups (broad SMARTS) is 1. The van der Waals surface area contributed by atoms with Crippen molar-refractivity contribution in [3.8, 4) is 0 Å². The summed E-state index contributed by atoms with van der Waals surface area (Å²) in [6.45, 7) is 0.656. The van der Waals surface area contributed by atoms with Gasteiger partial charge in [0.1, 0.15) is 6.23 Å². The number of carbonyl (C=O) groups is 1. The van der Waals surface area contributed by atoms with E-state index in [-0.39, 0.29) is 17.9 Å². The molecule has 0 aliphatic carbocycles. The first kappa shape index (κ1) is 13.3. The van der Waals surface area contributed by atoms with Gasteiger partial charge in [0.2, 0.25) is 5.82 Å². The molecule has 3 rings (SSSR count). The van der Waals surface area contributed by atoms with E-state index in [2.05, 4.69) is 30.9 Å². The molecule has 0 radical (unpaired) electrons. The molecule has 9 heteroatoms. The first-order valence-electron chi connectivity index (χ1n) is 6.14. The average Bonchev–Trinajstić information content (AvgIpc) is 2.76. The topological polar surface area (TPSA) is 116 Å². The average molecular weight is 342 g/mol. The Hall–Kier alpha value is -1.74. The van der Waals surface area contributed by atoms with Crippen molar-refractivity contribution >= 4 is 38.9 Å². The fourth-order valence-corrected chi connectivity index (χ4v) is 2.82. The van der Waals surface area contributed by atoms with Gasteiger partial charge in [0.15, 0.2) is 21.7 Å². The van der Waals surface area contributed by atoms with Gasteiger partial charge in [-0.1, -0.05) is 0 Å². The number of nitrogens with two attached hydrogens (primary N) is 1. The van der Waals surface area contributed by atoms with E-state index >= 15 is 0 Å². The fourth-order valence-electron chi connectivity index (χ4n) is 2.25. The molecular weight excluding hydrogens is 330 g/mol. The third-order valence-electron chi connectivity index (χ3n) is 3.16. The molecule has 0 aromatic carbocycles. The van der Waals surface area contributed by atoms with Crippen LogP contribution in [0.4, 0.5) is 5.82 Å². The summed E-state index contributed by atoms with van der Waals surface area (Å²) in [6.07, 6.45) is 2.64. The molecule has 106 valence electrons. The van der Waals surface area contributed by atoms with Crippen LogP contribution in [-0.2, 0) is 4.74 Å². The van der Waals surface area contributed by atoms with Gasteiger partial charge in [-0.3, -0.25) is 4.57 Å². The lowest BCUT2D eigenvalue weighted by molar-refractivity contribution is -0.0311. The zero-order chi connectivity index (χ0) is 14.3. The molecule has 3 heterocycles. The minimum absolute atomic E-state index is 0.0441. The standard InChI is InChI=1S/C11H12BrN5O3/c12-11-14-6-7(13)15-8(10(18)19)16-9(6)17(11)5-3-1-2-4-20-5/h5H,1-4H2,(H,18,19)(H2,13,15,16). The van der Waals surface area contributed by atoms with Gasteiger partial charge in [-0.25, -0.2) is 19.7 Å². The predicted octanol–water partition coefficient (Wildman–Crippen LogP) is 1.57. The molecule has 2 aromatic rings. The molecule has 1 unspecified atom stereocenters. The van der Waals surface area contributed by atoms with Crippen LogP contribution in [0, 0.1) is 0 Å². The van der Waals surface area contributed by atoms with Crippen LogP contribution in [0.25, 0.3) is 11.2 Å². The first-order chi connectivity index (χ1) is 9.58. The van der Waals surface area contributed by atoms with Gasteiger partial charge in [0, 0.05) is 6.61 Å². The highest BCUT2D eigenvalue weighted by Crippen LogP contribution is 2.31. The predicted molar refractivity (Wildman–Crippen MR) is 73.2 cm³/mol. The van der Waals surface area contributed by atoms with Crippen LogP contribution >= 0.6 is 15.9 Å². The van der Waals surface area contributed by atoms with Crippen LogP contribution in [0.15, 0.2) is 4.73 Å². The molecule has 8 nitrogen and oxygen atoms in total. The van der Waals surface area contributed by atoms with Gasteiger partial charge < -0.3 is 15.6 Å². The number of hydrogen-bond acceptors (Lipinski definition) is 6. The lowest BCUT2D eigenvalue weighted by atomic mass is 10.2. The van der Waals surface area contributed by atoms with E-state index < -0.39 is 5.97 Å². The van der Waals surface area contributed by atoms with Crippen molar-refractivity contribution in [3.63, 3.8) is 0 Å². The molecule has 2 aromatic heterocycles. The number of rotatable bonds is 2. The largest absolute Gasteiger partial charge is 0.475 e. The lowest BCUT2D eigenvalue weighted by Gasteiger charge is -2.24. The summed E-state index contributed by atoms with van der Waals surface area (Å²) in [5, 5.41) is 9.02. The smallest absolute Gasteiger partial charge is 0.374 e. The number of imidazole rings is 1. The van der Waals surface area contributed by atoms with Crippen molar-refractivity contribution in [3.05, 3.63) is 10.6 Å².